The van der Waals surface area contributed by atoms with Crippen LogP contribution in [-0.2, 0) is 5.41 Å². The molecular weight excluding hydrogens is 192 g/mol. The normalized spacial score (nSPS) is 16.9. The van der Waals surface area contributed by atoms with Gasteiger partial charge in [-0.05, 0) is 46.8 Å². The van der Waals surface area contributed by atoms with Gasteiger partial charge < -0.3 is 0 Å². The molecule has 0 saturated heterocycles. The lowest BCUT2D eigenvalue weighted by Gasteiger charge is -2.22. The lowest BCUT2D eigenvalue weighted by Crippen LogP contribution is -2.12. The number of rotatable bonds is 2. The first-order valence-electron chi connectivity index (χ1n) is 6.34. The summed E-state index contributed by atoms with van der Waals surface area (Å²) in [6.45, 7) is 11.3. The highest BCUT2D eigenvalue weighted by Crippen LogP contribution is 2.42. The summed E-state index contributed by atoms with van der Waals surface area (Å²) in [7, 11) is 0. The second-order valence-corrected chi connectivity index (χ2v) is 6.37. The van der Waals surface area contributed by atoms with E-state index in [9.17, 15) is 0 Å². The number of hydrogen-bond donors (Lipinski definition) is 0. The van der Waals surface area contributed by atoms with Gasteiger partial charge in [0.2, 0.25) is 0 Å². The molecule has 1 fully saturated rings. The van der Waals surface area contributed by atoms with E-state index in [0.29, 0.717) is 0 Å². The maximum Gasteiger partial charge on any atom is -0.00118 e. The molecule has 1 aliphatic carbocycles. The van der Waals surface area contributed by atoms with Crippen molar-refractivity contribution in [2.45, 2.75) is 58.8 Å². The molecule has 1 aromatic carbocycles. The van der Waals surface area contributed by atoms with Gasteiger partial charge in [-0.15, -0.1) is 0 Å². The molecule has 87 valence electrons. The average molecular weight is 215 g/mol. The van der Waals surface area contributed by atoms with E-state index in [0.717, 1.165) is 5.92 Å². The Labute approximate surface area is 100 Å². The summed E-state index contributed by atoms with van der Waals surface area (Å²) in [5, 5.41) is 0. The summed E-state index contributed by atoms with van der Waals surface area (Å²) < 4.78 is 0. The van der Waals surface area contributed by atoms with E-state index >= 15 is 0 Å². The third-order valence-corrected chi connectivity index (χ3v) is 3.45. The fraction of sp³-hybridized carbons (Fsp3) is 0.562. The molecule has 1 aromatic rings. The van der Waals surface area contributed by atoms with Gasteiger partial charge in [0, 0.05) is 0 Å². The van der Waals surface area contributed by atoms with E-state index in [1.807, 2.05) is 0 Å². The van der Waals surface area contributed by atoms with E-state index in [-0.39, 0.29) is 5.41 Å². The Balaban J connectivity index is 2.44. The third-order valence-electron chi connectivity index (χ3n) is 3.45. The zero-order valence-corrected chi connectivity index (χ0v) is 11.2. The van der Waals surface area contributed by atoms with Crippen LogP contribution in [0.15, 0.2) is 18.2 Å². The highest BCUT2D eigenvalue weighted by molar-refractivity contribution is 5.42. The molecule has 1 saturated carbocycles. The van der Waals surface area contributed by atoms with Gasteiger partial charge in [0.1, 0.15) is 0 Å². The molecule has 0 heterocycles. The van der Waals surface area contributed by atoms with Gasteiger partial charge in [-0.3, -0.25) is 0 Å². The molecule has 0 heteroatoms. The number of hydrogen-bond acceptors (Lipinski definition) is 0. The van der Waals surface area contributed by atoms with Crippen LogP contribution in [0.5, 0.6) is 0 Å². The zero-order chi connectivity index (χ0) is 11.9. The van der Waals surface area contributed by atoms with Crippen LogP contribution < -0.4 is 0 Å². The van der Waals surface area contributed by atoms with Gasteiger partial charge in [-0.2, -0.15) is 0 Å². The summed E-state index contributed by atoms with van der Waals surface area (Å²) >= 11 is 0. The van der Waals surface area contributed by atoms with Crippen LogP contribution in [-0.4, -0.2) is 0 Å². The van der Waals surface area contributed by atoms with Crippen LogP contribution in [0.25, 0.3) is 0 Å². The van der Waals surface area contributed by atoms with Crippen LogP contribution in [0, 0.1) is 5.92 Å². The minimum absolute atomic E-state index is 0.259. The van der Waals surface area contributed by atoms with Gasteiger partial charge >= 0.3 is 0 Å². The maximum atomic E-state index is 2.42. The third kappa shape index (κ3) is 2.48. The predicted octanol–water partition coefficient (Wildman–Crippen LogP) is 4.82. The van der Waals surface area contributed by atoms with Crippen LogP contribution in [0.4, 0.5) is 0 Å². The topological polar surface area (TPSA) is 0 Å². The average Bonchev–Trinajstić information content (AvgIpc) is 2.98. The van der Waals surface area contributed by atoms with E-state index in [1.165, 1.54) is 29.9 Å². The molecule has 0 spiro atoms. The summed E-state index contributed by atoms with van der Waals surface area (Å²) in [6.07, 6.45) is 2.77. The molecule has 1 radical (unpaired) electrons. The van der Waals surface area contributed by atoms with Crippen molar-refractivity contribution in [1.82, 2.24) is 0 Å². The fourth-order valence-corrected chi connectivity index (χ4v) is 2.03. The van der Waals surface area contributed by atoms with E-state index in [4.69, 9.17) is 0 Å². The van der Waals surface area contributed by atoms with Crippen LogP contribution >= 0.6 is 0 Å². The van der Waals surface area contributed by atoms with Crippen LogP contribution in [0.2, 0.25) is 0 Å². The van der Waals surface area contributed by atoms with Gasteiger partial charge in [0.15, 0.2) is 0 Å². The van der Waals surface area contributed by atoms with Crippen LogP contribution in [0.1, 0.15) is 70.1 Å². The number of benzene rings is 1. The van der Waals surface area contributed by atoms with E-state index in [1.54, 1.807) is 5.56 Å². The molecule has 1 aliphatic rings. The van der Waals surface area contributed by atoms with Crippen molar-refractivity contribution < 1.29 is 0 Å². The summed E-state index contributed by atoms with van der Waals surface area (Å²) in [6, 6.07) is 7.17. The Morgan fingerprint density at radius 1 is 1.06 bits per heavy atom. The maximum absolute atomic E-state index is 2.42. The molecule has 0 amide bonds. The standard InChI is InChI=1S/C16H23/c1-11(2)13-8-14(12-6-7-12)10-15(9-13)16(3,4)5/h8-10,12H,6-7H2,1-5H3. The van der Waals surface area contributed by atoms with Crippen molar-refractivity contribution in [3.63, 3.8) is 0 Å². The Hall–Kier alpha value is -0.780. The van der Waals surface area contributed by atoms with Crippen molar-refractivity contribution in [3.05, 3.63) is 40.8 Å². The van der Waals surface area contributed by atoms with E-state index < -0.39 is 0 Å². The summed E-state index contributed by atoms with van der Waals surface area (Å²) in [5.41, 5.74) is 4.72. The van der Waals surface area contributed by atoms with Gasteiger partial charge in [-0.25, -0.2) is 0 Å². The van der Waals surface area contributed by atoms with Gasteiger partial charge in [-0.1, -0.05) is 52.8 Å². The molecule has 16 heavy (non-hydrogen) atoms. The molecule has 0 nitrogen and oxygen atoms in total. The van der Waals surface area contributed by atoms with E-state index in [2.05, 4.69) is 52.8 Å². The molecule has 0 aliphatic heterocycles. The molecule has 0 aromatic heterocycles. The first kappa shape index (κ1) is 11.7. The quantitative estimate of drug-likeness (QED) is 0.663. The molecule has 0 unspecified atom stereocenters. The summed E-state index contributed by atoms with van der Waals surface area (Å²) in [5.74, 6) is 2.27. The Morgan fingerprint density at radius 2 is 1.69 bits per heavy atom. The highest BCUT2D eigenvalue weighted by Gasteiger charge is 2.26. The van der Waals surface area contributed by atoms with Crippen molar-refractivity contribution in [3.8, 4) is 0 Å². The molecule has 0 atom stereocenters. The minimum atomic E-state index is 0.259. The zero-order valence-electron chi connectivity index (χ0n) is 11.2. The highest BCUT2D eigenvalue weighted by atomic mass is 14.3. The van der Waals surface area contributed by atoms with Crippen molar-refractivity contribution in [2.24, 2.45) is 0 Å². The SMILES string of the molecule is C[C](C)c1cc(C2CC2)cc(C(C)(C)C)c1. The smallest absolute Gasteiger partial charge is 0.00118 e. The Morgan fingerprint density at radius 3 is 2.12 bits per heavy atom. The molecule has 0 N–H and O–H groups in total. The fourth-order valence-electron chi connectivity index (χ4n) is 2.03. The Bertz CT molecular complexity index is 355. The predicted molar refractivity (Wildman–Crippen MR) is 70.8 cm³/mol. The lowest BCUT2D eigenvalue weighted by molar-refractivity contribution is 0.588. The minimum Gasteiger partial charge on any atom is -0.0561 e. The monoisotopic (exact) mass is 215 g/mol. The van der Waals surface area contributed by atoms with Gasteiger partial charge in [0.05, 0.1) is 0 Å². The van der Waals surface area contributed by atoms with Crippen molar-refractivity contribution in [1.29, 1.82) is 0 Å². The lowest BCUT2D eigenvalue weighted by atomic mass is 9.83. The second-order valence-electron chi connectivity index (χ2n) is 6.37. The summed E-state index contributed by atoms with van der Waals surface area (Å²) in [4.78, 5) is 0. The first-order valence-corrected chi connectivity index (χ1v) is 6.34. The first-order chi connectivity index (χ1) is 7.38. The molecule has 0 bridgehead atoms. The molecular formula is C16H23. The van der Waals surface area contributed by atoms with Gasteiger partial charge in [0.25, 0.3) is 0 Å². The Kier molecular flexibility index (Phi) is 2.86. The largest absolute Gasteiger partial charge is 0.0561 e. The van der Waals surface area contributed by atoms with Crippen molar-refractivity contribution >= 4 is 0 Å². The molecule has 2 rings (SSSR count). The second kappa shape index (κ2) is 3.91. The van der Waals surface area contributed by atoms with Crippen LogP contribution in [0.3, 0.4) is 0 Å². The van der Waals surface area contributed by atoms with Crippen molar-refractivity contribution in [2.75, 3.05) is 0 Å².